The highest BCUT2D eigenvalue weighted by Gasteiger charge is 2.43. The number of esters is 2. The number of carbonyl (C=O) groups is 3. The third-order valence-electron chi connectivity index (χ3n) is 6.28. The Bertz CT molecular complexity index is 1620. The number of alkyl halides is 3. The van der Waals surface area contributed by atoms with Crippen LogP contribution in [0.4, 0.5) is 13.2 Å². The van der Waals surface area contributed by atoms with E-state index in [0.717, 1.165) is 28.0 Å². The monoisotopic (exact) mass is 622 g/mol. The van der Waals surface area contributed by atoms with Gasteiger partial charge in [-0.05, 0) is 57.0 Å². The summed E-state index contributed by atoms with van der Waals surface area (Å²) in [5, 5.41) is 3.95. The van der Waals surface area contributed by atoms with Crippen molar-refractivity contribution in [2.24, 2.45) is 5.73 Å². The molecule has 4 aromatic rings. The predicted octanol–water partition coefficient (Wildman–Crippen LogP) is 5.52. The molecule has 0 radical (unpaired) electrons. The molecule has 1 amide bonds. The number of nitrogens with zero attached hydrogens (tertiary/aromatic N) is 2. The van der Waals surface area contributed by atoms with Crippen molar-refractivity contribution < 1.29 is 37.0 Å². The van der Waals surface area contributed by atoms with E-state index in [-0.39, 0.29) is 11.4 Å². The lowest BCUT2D eigenvalue weighted by Gasteiger charge is -2.16. The number of rotatable bonds is 11. The molecule has 2 aromatic carbocycles. The summed E-state index contributed by atoms with van der Waals surface area (Å²) in [6, 6.07) is 13.5. The third kappa shape index (κ3) is 7.27. The number of hydrogen-bond acceptors (Lipinski definition) is 8. The van der Waals surface area contributed by atoms with Crippen LogP contribution < -0.4 is 15.8 Å². The molecule has 0 unspecified atom stereocenters. The Morgan fingerprint density at radius 3 is 2.57 bits per heavy atom. The van der Waals surface area contributed by atoms with Gasteiger partial charge in [0.2, 0.25) is 0 Å². The molecule has 222 valence electrons. The van der Waals surface area contributed by atoms with Crippen molar-refractivity contribution in [2.75, 3.05) is 6.54 Å². The number of imidazole rings is 1. The number of nitrogens with two attached hydrogens (primary N) is 1. The first-order valence-electron chi connectivity index (χ1n) is 12.7. The zero-order valence-corrected chi connectivity index (χ0v) is 24.0. The van der Waals surface area contributed by atoms with E-state index in [0.29, 0.717) is 34.1 Å². The summed E-state index contributed by atoms with van der Waals surface area (Å²) in [6.07, 6.45) is -2.96. The van der Waals surface area contributed by atoms with Gasteiger partial charge in [0, 0.05) is 16.7 Å². The Morgan fingerprint density at radius 1 is 1.14 bits per heavy atom. The molecule has 0 aliphatic heterocycles. The second-order valence-electron chi connectivity index (χ2n) is 9.35. The topological polar surface area (TPSA) is 126 Å². The maximum atomic E-state index is 12.3. The first-order chi connectivity index (χ1) is 19.8. The fourth-order valence-corrected chi connectivity index (χ4v) is 5.33. The molecule has 4 rings (SSSR count). The lowest BCUT2D eigenvalue weighted by molar-refractivity contribution is -0.202. The Kier molecular flexibility index (Phi) is 9.54. The van der Waals surface area contributed by atoms with Gasteiger partial charge >= 0.3 is 18.1 Å². The van der Waals surface area contributed by atoms with Crippen LogP contribution in [0.3, 0.4) is 0 Å². The number of aromatic nitrogens is 2. The SMILES string of the molecule is C[C@H](NCCCc1ccc2ncn(-c3cc(O[C@H](C)c4ccccc4Cl)c(C(N)=O)s3)c2c1)C(=O)OC(=O)C(F)(F)F. The second kappa shape index (κ2) is 12.9. The van der Waals surface area contributed by atoms with E-state index in [1.807, 2.05) is 47.9 Å². The summed E-state index contributed by atoms with van der Waals surface area (Å²) in [5.41, 5.74) is 8.83. The van der Waals surface area contributed by atoms with Gasteiger partial charge in [0.05, 0.1) is 11.0 Å². The van der Waals surface area contributed by atoms with Crippen LogP contribution in [0, 0.1) is 0 Å². The minimum absolute atomic E-state index is 0.248. The van der Waals surface area contributed by atoms with Gasteiger partial charge in [0.25, 0.3) is 5.91 Å². The lowest BCUT2D eigenvalue weighted by Crippen LogP contribution is -2.39. The zero-order chi connectivity index (χ0) is 30.6. The second-order valence-corrected chi connectivity index (χ2v) is 10.8. The molecule has 0 saturated carbocycles. The van der Waals surface area contributed by atoms with E-state index in [2.05, 4.69) is 15.0 Å². The predicted molar refractivity (Wildman–Crippen MR) is 151 cm³/mol. The van der Waals surface area contributed by atoms with E-state index in [9.17, 15) is 27.6 Å². The van der Waals surface area contributed by atoms with Crippen molar-refractivity contribution in [2.45, 2.75) is 45.0 Å². The number of hydrogen-bond donors (Lipinski definition) is 2. The Hall–Kier alpha value is -3.94. The van der Waals surface area contributed by atoms with Crippen molar-refractivity contribution in [1.82, 2.24) is 14.9 Å². The number of halogens is 4. The lowest BCUT2D eigenvalue weighted by atomic mass is 10.1. The maximum absolute atomic E-state index is 12.3. The molecule has 0 aliphatic carbocycles. The number of carbonyl (C=O) groups excluding carboxylic acids is 3. The fourth-order valence-electron chi connectivity index (χ4n) is 4.12. The van der Waals surface area contributed by atoms with Gasteiger partial charge in [-0.3, -0.25) is 9.36 Å². The number of fused-ring (bicyclic) bond motifs is 1. The third-order valence-corrected chi connectivity index (χ3v) is 7.75. The van der Waals surface area contributed by atoms with Crippen LogP contribution in [0.25, 0.3) is 16.0 Å². The molecular formula is C28H26ClF3N4O5S. The summed E-state index contributed by atoms with van der Waals surface area (Å²) >= 11 is 7.47. The summed E-state index contributed by atoms with van der Waals surface area (Å²) in [4.78, 5) is 39.5. The molecule has 0 fully saturated rings. The summed E-state index contributed by atoms with van der Waals surface area (Å²) in [6.45, 7) is 3.42. The number of aryl methyl sites for hydroxylation is 1. The van der Waals surface area contributed by atoms with Crippen LogP contribution in [0.1, 0.15) is 47.2 Å². The highest BCUT2D eigenvalue weighted by Crippen LogP contribution is 2.37. The van der Waals surface area contributed by atoms with E-state index in [1.165, 1.54) is 6.92 Å². The van der Waals surface area contributed by atoms with Crippen LogP contribution >= 0.6 is 22.9 Å². The largest absolute Gasteiger partial charge is 0.491 e. The van der Waals surface area contributed by atoms with E-state index < -0.39 is 36.2 Å². The summed E-state index contributed by atoms with van der Waals surface area (Å²) in [5.74, 6) is -4.17. The van der Waals surface area contributed by atoms with E-state index in [1.54, 1.807) is 18.5 Å². The average molecular weight is 623 g/mol. The highest BCUT2D eigenvalue weighted by molar-refractivity contribution is 7.16. The van der Waals surface area contributed by atoms with Gasteiger partial charge < -0.3 is 20.5 Å². The molecule has 9 nitrogen and oxygen atoms in total. The van der Waals surface area contributed by atoms with Gasteiger partial charge in [-0.25, -0.2) is 14.6 Å². The van der Waals surface area contributed by atoms with Gasteiger partial charge in [-0.1, -0.05) is 35.9 Å². The smallest absolute Gasteiger partial charge is 0.484 e. The van der Waals surface area contributed by atoms with Crippen molar-refractivity contribution in [3.63, 3.8) is 0 Å². The fraction of sp³-hybridized carbons (Fsp3) is 0.286. The van der Waals surface area contributed by atoms with Crippen molar-refractivity contribution in [3.8, 4) is 10.8 Å². The van der Waals surface area contributed by atoms with E-state index >= 15 is 0 Å². The molecule has 0 saturated heterocycles. The number of primary amides is 1. The molecule has 3 N–H and O–H groups in total. The maximum Gasteiger partial charge on any atom is 0.491 e. The van der Waals surface area contributed by atoms with E-state index in [4.69, 9.17) is 22.1 Å². The molecular weight excluding hydrogens is 597 g/mol. The molecule has 2 heterocycles. The number of ether oxygens (including phenoxy) is 2. The minimum Gasteiger partial charge on any atom is -0.484 e. The van der Waals surface area contributed by atoms with Crippen molar-refractivity contribution in [3.05, 3.63) is 75.9 Å². The highest BCUT2D eigenvalue weighted by atomic mass is 35.5. The molecule has 42 heavy (non-hydrogen) atoms. The Labute approximate surface area is 247 Å². The quantitative estimate of drug-likeness (QED) is 0.128. The number of amides is 1. The van der Waals surface area contributed by atoms with Crippen LogP contribution in [-0.4, -0.2) is 46.2 Å². The summed E-state index contributed by atoms with van der Waals surface area (Å²) in [7, 11) is 0. The van der Waals surface area contributed by atoms with Gasteiger partial charge in [0.15, 0.2) is 0 Å². The van der Waals surface area contributed by atoms with Crippen LogP contribution in [0.5, 0.6) is 5.75 Å². The normalized spacial score (nSPS) is 13.1. The van der Waals surface area contributed by atoms with Crippen LogP contribution in [0.2, 0.25) is 5.02 Å². The number of nitrogens with one attached hydrogen (secondary N) is 1. The van der Waals surface area contributed by atoms with Gasteiger partial charge in [0.1, 0.15) is 34.1 Å². The van der Waals surface area contributed by atoms with Gasteiger partial charge in [-0.15, -0.1) is 11.3 Å². The molecule has 14 heteroatoms. The van der Waals surface area contributed by atoms with Crippen LogP contribution in [-0.2, 0) is 20.7 Å². The summed E-state index contributed by atoms with van der Waals surface area (Å²) < 4.78 is 48.6. The zero-order valence-electron chi connectivity index (χ0n) is 22.4. The molecule has 2 aromatic heterocycles. The van der Waals surface area contributed by atoms with Crippen molar-refractivity contribution >= 4 is 51.8 Å². The Balaban J connectivity index is 1.44. The number of thiophene rings is 1. The first-order valence-corrected chi connectivity index (χ1v) is 13.9. The van der Waals surface area contributed by atoms with Crippen molar-refractivity contribution in [1.29, 1.82) is 0 Å². The first kappa shape index (κ1) is 31.0. The molecule has 0 spiro atoms. The Morgan fingerprint density at radius 2 is 1.88 bits per heavy atom. The molecule has 0 aliphatic rings. The van der Waals surface area contributed by atoms with Crippen LogP contribution in [0.15, 0.2) is 54.9 Å². The molecule has 2 atom stereocenters. The average Bonchev–Trinajstić information content (AvgIpc) is 3.54. The standard InChI is InChI=1S/C28H26ClF3N4O5S/c1-15(26(38)41-27(39)28(30,31)32)34-11-5-6-17-9-10-20-21(12-17)36(14-35-20)23-13-22(24(42-23)25(33)37)40-16(2)18-7-3-4-8-19(18)29/h3-4,7-10,12-16,34H,5-6,11H2,1-2H3,(H2,33,37)/t15-,16+/m0/s1. The minimum atomic E-state index is -5.24. The molecule has 0 bridgehead atoms. The van der Waals surface area contributed by atoms with Gasteiger partial charge in [-0.2, -0.15) is 13.2 Å². The number of benzene rings is 2.